The number of carbonyl (C=O) groups is 1. The van der Waals surface area contributed by atoms with Crippen molar-refractivity contribution in [3.8, 4) is 0 Å². The summed E-state index contributed by atoms with van der Waals surface area (Å²) in [6.45, 7) is 4.15. The average Bonchev–Trinajstić information content (AvgIpc) is 2.40. The van der Waals surface area contributed by atoms with Gasteiger partial charge in [0, 0.05) is 34.5 Å². The van der Waals surface area contributed by atoms with Crippen molar-refractivity contribution in [1.82, 2.24) is 15.3 Å². The number of hydrogen-bond donors (Lipinski definition) is 3. The summed E-state index contributed by atoms with van der Waals surface area (Å²) in [7, 11) is 0. The molecule has 0 atom stereocenters. The van der Waals surface area contributed by atoms with E-state index in [1.165, 1.54) is 17.8 Å². The Morgan fingerprint density at radius 2 is 2.19 bits per heavy atom. The number of anilines is 1. The Labute approximate surface area is 126 Å². The van der Waals surface area contributed by atoms with Gasteiger partial charge in [0.15, 0.2) is 5.16 Å². The van der Waals surface area contributed by atoms with Gasteiger partial charge in [-0.1, -0.05) is 0 Å². The van der Waals surface area contributed by atoms with E-state index in [1.807, 2.05) is 6.92 Å². The number of benzene rings is 1. The molecular weight excluding hydrogens is 288 g/mol. The molecular formula is C14H16N4O2S. The van der Waals surface area contributed by atoms with Crippen molar-refractivity contribution in [2.75, 3.05) is 12.3 Å². The van der Waals surface area contributed by atoms with Crippen LogP contribution in [0.3, 0.4) is 0 Å². The number of rotatable bonds is 4. The fourth-order valence-electron chi connectivity index (χ4n) is 1.73. The van der Waals surface area contributed by atoms with Crippen molar-refractivity contribution < 1.29 is 4.79 Å². The molecule has 0 bridgehead atoms. The zero-order chi connectivity index (χ0) is 15.4. The second-order valence-corrected chi connectivity index (χ2v) is 5.44. The fourth-order valence-corrected chi connectivity index (χ4v) is 2.65. The summed E-state index contributed by atoms with van der Waals surface area (Å²) in [6.07, 6.45) is 0. The molecule has 110 valence electrons. The predicted octanol–water partition coefficient (Wildman–Crippen LogP) is 1.56. The lowest BCUT2D eigenvalue weighted by atomic mass is 10.2. The van der Waals surface area contributed by atoms with Gasteiger partial charge < -0.3 is 16.0 Å². The van der Waals surface area contributed by atoms with Crippen LogP contribution in [0.2, 0.25) is 0 Å². The third-order valence-corrected chi connectivity index (χ3v) is 3.63. The van der Waals surface area contributed by atoms with E-state index in [4.69, 9.17) is 5.73 Å². The van der Waals surface area contributed by atoms with Crippen LogP contribution < -0.4 is 16.6 Å². The van der Waals surface area contributed by atoms with Crippen LogP contribution in [-0.2, 0) is 0 Å². The first kappa shape index (κ1) is 15.1. The first-order valence-electron chi connectivity index (χ1n) is 6.43. The molecule has 2 rings (SSSR count). The summed E-state index contributed by atoms with van der Waals surface area (Å²) in [5.41, 5.74) is 7.36. The summed E-state index contributed by atoms with van der Waals surface area (Å²) in [5.74, 6) is -0.162. The topological polar surface area (TPSA) is 101 Å². The maximum atomic E-state index is 11.8. The molecule has 0 saturated heterocycles. The molecule has 0 unspecified atom stereocenters. The monoisotopic (exact) mass is 304 g/mol. The normalized spacial score (nSPS) is 10.4. The fraction of sp³-hybridized carbons (Fsp3) is 0.214. The zero-order valence-corrected chi connectivity index (χ0v) is 12.6. The number of nitrogen functional groups attached to an aromatic ring is 1. The van der Waals surface area contributed by atoms with Crippen molar-refractivity contribution in [2.45, 2.75) is 23.9 Å². The largest absolute Gasteiger partial charge is 0.398 e. The van der Waals surface area contributed by atoms with Crippen LogP contribution in [0.15, 0.2) is 39.1 Å². The lowest BCUT2D eigenvalue weighted by molar-refractivity contribution is 0.0955. The van der Waals surface area contributed by atoms with Gasteiger partial charge in [0.25, 0.3) is 11.5 Å². The number of aryl methyl sites for hydroxylation is 1. The number of nitrogens with one attached hydrogen (secondary N) is 2. The van der Waals surface area contributed by atoms with Crippen molar-refractivity contribution in [3.05, 3.63) is 45.9 Å². The number of H-pyrrole nitrogens is 1. The highest BCUT2D eigenvalue weighted by Crippen LogP contribution is 2.30. The minimum absolute atomic E-state index is 0.162. The second kappa shape index (κ2) is 6.45. The van der Waals surface area contributed by atoms with Crippen LogP contribution >= 0.6 is 11.8 Å². The first-order valence-corrected chi connectivity index (χ1v) is 7.24. The van der Waals surface area contributed by atoms with E-state index in [2.05, 4.69) is 15.3 Å². The molecule has 6 nitrogen and oxygen atoms in total. The van der Waals surface area contributed by atoms with E-state index in [-0.39, 0.29) is 11.5 Å². The van der Waals surface area contributed by atoms with Gasteiger partial charge in [-0.15, -0.1) is 0 Å². The van der Waals surface area contributed by atoms with E-state index < -0.39 is 0 Å². The number of carbonyl (C=O) groups excluding carboxylic acids is 1. The molecule has 0 aliphatic heterocycles. The molecule has 0 aliphatic carbocycles. The van der Waals surface area contributed by atoms with E-state index in [0.29, 0.717) is 33.5 Å². The van der Waals surface area contributed by atoms with Crippen molar-refractivity contribution in [1.29, 1.82) is 0 Å². The number of nitrogens with two attached hydrogens (primary N) is 1. The molecule has 2 aromatic rings. The lowest BCUT2D eigenvalue weighted by Crippen LogP contribution is -2.22. The summed E-state index contributed by atoms with van der Waals surface area (Å²) in [4.78, 5) is 30.8. The molecule has 1 amide bonds. The maximum Gasteiger partial charge on any atom is 0.251 e. The number of aromatic amines is 1. The Morgan fingerprint density at radius 1 is 1.43 bits per heavy atom. The molecule has 1 aromatic carbocycles. The molecule has 0 saturated carbocycles. The van der Waals surface area contributed by atoms with Crippen molar-refractivity contribution in [3.63, 3.8) is 0 Å². The third-order valence-electron chi connectivity index (χ3n) is 2.67. The van der Waals surface area contributed by atoms with Gasteiger partial charge in [0.1, 0.15) is 0 Å². The highest BCUT2D eigenvalue weighted by molar-refractivity contribution is 7.99. The highest BCUT2D eigenvalue weighted by Gasteiger charge is 2.10. The summed E-state index contributed by atoms with van der Waals surface area (Å²) < 4.78 is 0. The van der Waals surface area contributed by atoms with Crippen LogP contribution in [0.1, 0.15) is 23.0 Å². The van der Waals surface area contributed by atoms with Gasteiger partial charge in [-0.2, -0.15) is 0 Å². The molecule has 1 heterocycles. The Morgan fingerprint density at radius 3 is 2.86 bits per heavy atom. The molecule has 0 spiro atoms. The minimum Gasteiger partial charge on any atom is -0.398 e. The molecule has 7 heteroatoms. The van der Waals surface area contributed by atoms with Crippen molar-refractivity contribution >= 4 is 23.4 Å². The number of nitrogens with zero attached hydrogens (tertiary/aromatic N) is 1. The van der Waals surface area contributed by atoms with Gasteiger partial charge in [0.05, 0.1) is 0 Å². The zero-order valence-electron chi connectivity index (χ0n) is 11.8. The van der Waals surface area contributed by atoms with Crippen LogP contribution in [0, 0.1) is 6.92 Å². The standard InChI is InChI=1S/C14H16N4O2S/c1-3-16-13(20)9-4-5-10(15)11(7-9)21-14-17-8(2)6-12(19)18-14/h4-7H,3,15H2,1-2H3,(H,16,20)(H,17,18,19). The average molecular weight is 304 g/mol. The van der Waals surface area contributed by atoms with Crippen LogP contribution in [0.4, 0.5) is 5.69 Å². The van der Waals surface area contributed by atoms with Gasteiger partial charge in [0.2, 0.25) is 0 Å². The molecule has 0 fully saturated rings. The maximum absolute atomic E-state index is 11.8. The molecule has 4 N–H and O–H groups in total. The van der Waals surface area contributed by atoms with Crippen molar-refractivity contribution in [2.24, 2.45) is 0 Å². The minimum atomic E-state index is -0.219. The van der Waals surface area contributed by atoms with Crippen LogP contribution in [-0.4, -0.2) is 22.4 Å². The number of aromatic nitrogens is 2. The third kappa shape index (κ3) is 3.85. The Kier molecular flexibility index (Phi) is 4.64. The van der Waals surface area contributed by atoms with Crippen LogP contribution in [0.5, 0.6) is 0 Å². The molecule has 0 aliphatic rings. The lowest BCUT2D eigenvalue weighted by Gasteiger charge is -2.08. The van der Waals surface area contributed by atoms with E-state index >= 15 is 0 Å². The first-order chi connectivity index (χ1) is 9.99. The Bertz CT molecular complexity index is 727. The summed E-state index contributed by atoms with van der Waals surface area (Å²) >= 11 is 1.22. The number of hydrogen-bond acceptors (Lipinski definition) is 5. The van der Waals surface area contributed by atoms with Crippen LogP contribution in [0.25, 0.3) is 0 Å². The van der Waals surface area contributed by atoms with E-state index in [1.54, 1.807) is 25.1 Å². The van der Waals surface area contributed by atoms with Gasteiger partial charge >= 0.3 is 0 Å². The SMILES string of the molecule is CCNC(=O)c1ccc(N)c(Sc2nc(C)cc(=O)[nH]2)c1. The van der Waals surface area contributed by atoms with Gasteiger partial charge in [-0.3, -0.25) is 9.59 Å². The molecule has 1 aromatic heterocycles. The Hall–Kier alpha value is -2.28. The van der Waals surface area contributed by atoms with E-state index in [9.17, 15) is 9.59 Å². The summed E-state index contributed by atoms with van der Waals surface area (Å²) in [5, 5.41) is 3.17. The Balaban J connectivity index is 2.32. The van der Waals surface area contributed by atoms with Gasteiger partial charge in [-0.05, 0) is 43.8 Å². The van der Waals surface area contributed by atoms with Gasteiger partial charge in [-0.25, -0.2) is 4.98 Å². The predicted molar refractivity (Wildman–Crippen MR) is 82.6 cm³/mol. The van der Waals surface area contributed by atoms with E-state index in [0.717, 1.165) is 0 Å². The molecule has 0 radical (unpaired) electrons. The smallest absolute Gasteiger partial charge is 0.251 e. The highest BCUT2D eigenvalue weighted by atomic mass is 32.2. The molecule has 21 heavy (non-hydrogen) atoms. The second-order valence-electron chi connectivity index (χ2n) is 4.41. The summed E-state index contributed by atoms with van der Waals surface area (Å²) in [6, 6.07) is 6.43. The number of amides is 1. The quantitative estimate of drug-likeness (QED) is 0.588.